The maximum atomic E-state index is 5.78. The highest BCUT2D eigenvalue weighted by Crippen LogP contribution is 2.13. The third kappa shape index (κ3) is 3.57. The van der Waals surface area contributed by atoms with Gasteiger partial charge in [0.25, 0.3) is 0 Å². The second kappa shape index (κ2) is 4.46. The first-order valence-corrected chi connectivity index (χ1v) is 3.84. The first-order valence-electron chi connectivity index (χ1n) is 2.96. The third-order valence-corrected chi connectivity index (χ3v) is 2.09. The fourth-order valence-electron chi connectivity index (χ4n) is 0.505. The summed E-state index contributed by atoms with van der Waals surface area (Å²) in [5, 5.41) is 0.262. The molecule has 50 valence electrons. The van der Waals surface area contributed by atoms with Gasteiger partial charge in [-0.3, -0.25) is 0 Å². The molecular formula is C6H12Cl2. The first kappa shape index (κ1) is 8.58. The number of hydrogen-bond acceptors (Lipinski definition) is 0. The van der Waals surface area contributed by atoms with Crippen LogP contribution in [0.4, 0.5) is 0 Å². The lowest BCUT2D eigenvalue weighted by molar-refractivity contribution is 0.717. The van der Waals surface area contributed by atoms with Gasteiger partial charge in [0.15, 0.2) is 0 Å². The molecule has 0 heterocycles. The standard InChI is InChI=1S/C6H12Cl2/c1-3-4-6(8)5(2)7/h5-6H,3-4H2,1-2H3/t5-,6-/m0/s1. The van der Waals surface area contributed by atoms with Crippen molar-refractivity contribution < 1.29 is 0 Å². The van der Waals surface area contributed by atoms with E-state index in [-0.39, 0.29) is 10.8 Å². The quantitative estimate of drug-likeness (QED) is 0.549. The molecule has 0 fully saturated rings. The van der Waals surface area contributed by atoms with Gasteiger partial charge >= 0.3 is 0 Å². The lowest BCUT2D eigenvalue weighted by Gasteiger charge is -2.08. The number of rotatable bonds is 3. The zero-order valence-corrected chi connectivity index (χ0v) is 6.84. The second-order valence-corrected chi connectivity index (χ2v) is 3.23. The first-order chi connectivity index (χ1) is 3.68. The van der Waals surface area contributed by atoms with Crippen molar-refractivity contribution in [2.75, 3.05) is 0 Å². The van der Waals surface area contributed by atoms with Crippen LogP contribution >= 0.6 is 23.2 Å². The average molecular weight is 155 g/mol. The summed E-state index contributed by atoms with van der Waals surface area (Å²) in [6.45, 7) is 4.03. The lowest BCUT2D eigenvalue weighted by atomic mass is 10.2. The van der Waals surface area contributed by atoms with Crippen LogP contribution in [-0.2, 0) is 0 Å². The molecule has 0 nitrogen and oxygen atoms in total. The van der Waals surface area contributed by atoms with Gasteiger partial charge in [-0.2, -0.15) is 0 Å². The highest BCUT2D eigenvalue weighted by molar-refractivity contribution is 6.29. The van der Waals surface area contributed by atoms with E-state index in [9.17, 15) is 0 Å². The zero-order valence-electron chi connectivity index (χ0n) is 5.32. The van der Waals surface area contributed by atoms with Crippen LogP contribution < -0.4 is 0 Å². The molecule has 0 aliphatic carbocycles. The van der Waals surface area contributed by atoms with E-state index in [4.69, 9.17) is 23.2 Å². The molecule has 0 saturated carbocycles. The fraction of sp³-hybridized carbons (Fsp3) is 1.00. The Labute approximate surface area is 61.2 Å². The molecular weight excluding hydrogens is 143 g/mol. The highest BCUT2D eigenvalue weighted by atomic mass is 35.5. The van der Waals surface area contributed by atoms with Crippen LogP contribution in [0.3, 0.4) is 0 Å². The Morgan fingerprint density at radius 2 is 1.88 bits per heavy atom. The summed E-state index contributed by atoms with van der Waals surface area (Å²) in [5.41, 5.74) is 0. The van der Waals surface area contributed by atoms with Crippen molar-refractivity contribution in [1.29, 1.82) is 0 Å². The third-order valence-electron chi connectivity index (χ3n) is 1.06. The summed E-state index contributed by atoms with van der Waals surface area (Å²) < 4.78 is 0. The Bertz CT molecular complexity index is 52.5. The summed E-state index contributed by atoms with van der Waals surface area (Å²) in [4.78, 5) is 0. The predicted octanol–water partition coefficient (Wildman–Crippen LogP) is 3.02. The molecule has 0 aliphatic heterocycles. The Balaban J connectivity index is 3.17. The molecule has 0 amide bonds. The smallest absolute Gasteiger partial charge is 0.0496 e. The van der Waals surface area contributed by atoms with Gasteiger partial charge in [0, 0.05) is 10.8 Å². The monoisotopic (exact) mass is 154 g/mol. The van der Waals surface area contributed by atoms with Crippen LogP contribution in [0.15, 0.2) is 0 Å². The summed E-state index contributed by atoms with van der Waals surface area (Å²) in [6, 6.07) is 0. The van der Waals surface area contributed by atoms with Crippen LogP contribution in [0.2, 0.25) is 0 Å². The maximum absolute atomic E-state index is 5.78. The molecule has 2 atom stereocenters. The molecule has 0 aromatic carbocycles. The number of alkyl halides is 2. The fourth-order valence-corrected chi connectivity index (χ4v) is 0.850. The van der Waals surface area contributed by atoms with Gasteiger partial charge in [-0.1, -0.05) is 13.3 Å². The van der Waals surface area contributed by atoms with E-state index in [0.29, 0.717) is 0 Å². The topological polar surface area (TPSA) is 0 Å². The molecule has 0 saturated heterocycles. The molecule has 0 spiro atoms. The zero-order chi connectivity index (χ0) is 6.57. The van der Waals surface area contributed by atoms with Gasteiger partial charge in [-0.05, 0) is 13.3 Å². The molecule has 0 radical (unpaired) electrons. The van der Waals surface area contributed by atoms with Crippen LogP contribution in [0.25, 0.3) is 0 Å². The van der Waals surface area contributed by atoms with Crippen LogP contribution in [0.5, 0.6) is 0 Å². The molecule has 0 N–H and O–H groups in total. The van der Waals surface area contributed by atoms with Crippen LogP contribution in [0.1, 0.15) is 26.7 Å². The highest BCUT2D eigenvalue weighted by Gasteiger charge is 2.08. The molecule has 8 heavy (non-hydrogen) atoms. The predicted molar refractivity (Wildman–Crippen MR) is 39.9 cm³/mol. The van der Waals surface area contributed by atoms with Crippen molar-refractivity contribution >= 4 is 23.2 Å². The Kier molecular flexibility index (Phi) is 4.78. The molecule has 0 unspecified atom stereocenters. The minimum atomic E-state index is 0.108. The van der Waals surface area contributed by atoms with Crippen molar-refractivity contribution in [3.05, 3.63) is 0 Å². The second-order valence-electron chi connectivity index (χ2n) is 1.98. The van der Waals surface area contributed by atoms with Gasteiger partial charge in [0.2, 0.25) is 0 Å². The van der Waals surface area contributed by atoms with Crippen molar-refractivity contribution in [2.45, 2.75) is 37.4 Å². The summed E-state index contributed by atoms with van der Waals surface area (Å²) in [5.74, 6) is 0. The van der Waals surface area contributed by atoms with E-state index in [1.165, 1.54) is 0 Å². The maximum Gasteiger partial charge on any atom is 0.0496 e. The minimum absolute atomic E-state index is 0.108. The van der Waals surface area contributed by atoms with E-state index in [0.717, 1.165) is 12.8 Å². The number of hydrogen-bond donors (Lipinski definition) is 0. The molecule has 0 aromatic rings. The molecule has 0 rings (SSSR count). The van der Waals surface area contributed by atoms with Crippen molar-refractivity contribution in [1.82, 2.24) is 0 Å². The number of halogens is 2. The van der Waals surface area contributed by atoms with Gasteiger partial charge in [-0.15, -0.1) is 23.2 Å². The normalized spacial score (nSPS) is 18.0. The van der Waals surface area contributed by atoms with Crippen LogP contribution in [0, 0.1) is 0 Å². The summed E-state index contributed by atoms with van der Waals surface area (Å²) in [6.07, 6.45) is 2.14. The van der Waals surface area contributed by atoms with E-state index < -0.39 is 0 Å². The Morgan fingerprint density at radius 1 is 1.38 bits per heavy atom. The molecule has 0 aromatic heterocycles. The van der Waals surface area contributed by atoms with E-state index in [2.05, 4.69) is 6.92 Å². The van der Waals surface area contributed by atoms with Gasteiger partial charge < -0.3 is 0 Å². The van der Waals surface area contributed by atoms with Crippen molar-refractivity contribution in [3.8, 4) is 0 Å². The Morgan fingerprint density at radius 3 is 2.00 bits per heavy atom. The molecule has 2 heteroatoms. The van der Waals surface area contributed by atoms with Crippen molar-refractivity contribution in [3.63, 3.8) is 0 Å². The largest absolute Gasteiger partial charge is 0.122 e. The van der Waals surface area contributed by atoms with E-state index >= 15 is 0 Å². The van der Waals surface area contributed by atoms with Crippen molar-refractivity contribution in [2.24, 2.45) is 0 Å². The van der Waals surface area contributed by atoms with E-state index in [1.54, 1.807) is 0 Å². The van der Waals surface area contributed by atoms with Gasteiger partial charge in [-0.25, -0.2) is 0 Å². The van der Waals surface area contributed by atoms with E-state index in [1.807, 2.05) is 6.92 Å². The van der Waals surface area contributed by atoms with Gasteiger partial charge in [0.05, 0.1) is 0 Å². The minimum Gasteiger partial charge on any atom is -0.122 e. The van der Waals surface area contributed by atoms with Crippen LogP contribution in [-0.4, -0.2) is 10.8 Å². The Hall–Kier alpha value is 0.580. The SMILES string of the molecule is CCC[C@H](Cl)[C@H](C)Cl. The molecule has 0 bridgehead atoms. The molecule has 0 aliphatic rings. The lowest BCUT2D eigenvalue weighted by Crippen LogP contribution is -2.09. The summed E-state index contributed by atoms with van der Waals surface area (Å²) >= 11 is 11.5. The summed E-state index contributed by atoms with van der Waals surface area (Å²) in [7, 11) is 0. The average Bonchev–Trinajstić information content (AvgIpc) is 1.67. The van der Waals surface area contributed by atoms with Gasteiger partial charge in [0.1, 0.15) is 0 Å².